The van der Waals surface area contributed by atoms with Crippen molar-refractivity contribution in [1.82, 2.24) is 0 Å². The Hall–Kier alpha value is -3.07. The highest BCUT2D eigenvalue weighted by Gasteiger charge is 2.13. The number of nitro groups is 1. The Bertz CT molecular complexity index is 690. The predicted molar refractivity (Wildman–Crippen MR) is 78.1 cm³/mol. The Labute approximate surface area is 121 Å². The number of phenolic OH excluding ortho intramolecular Hbond substituents is 1. The fourth-order valence-electron chi connectivity index (χ4n) is 1.91. The van der Waals surface area contributed by atoms with Crippen LogP contribution in [0.1, 0.15) is 11.1 Å². The molecule has 0 radical (unpaired) electrons. The van der Waals surface area contributed by atoms with Gasteiger partial charge < -0.3 is 10.4 Å². The summed E-state index contributed by atoms with van der Waals surface area (Å²) in [5.74, 6) is 0.223. The molecule has 2 N–H and O–H groups in total. The zero-order valence-electron chi connectivity index (χ0n) is 11.1. The zero-order valence-corrected chi connectivity index (χ0v) is 11.1. The number of benzene rings is 2. The molecule has 0 aromatic heterocycles. The van der Waals surface area contributed by atoms with Crippen molar-refractivity contribution in [2.24, 2.45) is 0 Å². The maximum Gasteiger partial charge on any atom is 0.287 e. The first-order chi connectivity index (χ1) is 10.1. The third-order valence-electron chi connectivity index (χ3n) is 2.99. The number of phenols is 1. The van der Waals surface area contributed by atoms with Gasteiger partial charge in [0, 0.05) is 18.3 Å². The first-order valence-electron chi connectivity index (χ1n) is 6.30. The van der Waals surface area contributed by atoms with Gasteiger partial charge in [-0.3, -0.25) is 10.1 Å². The van der Waals surface area contributed by atoms with E-state index < -0.39 is 4.92 Å². The molecule has 0 atom stereocenters. The molecular weight excluding hydrogens is 270 g/mol. The summed E-state index contributed by atoms with van der Waals surface area (Å²) in [6.07, 6.45) is 0.735. The van der Waals surface area contributed by atoms with Gasteiger partial charge in [0.2, 0.25) is 0 Å². The number of aromatic hydroxyl groups is 1. The van der Waals surface area contributed by atoms with E-state index in [0.29, 0.717) is 12.2 Å². The van der Waals surface area contributed by atoms with Crippen LogP contribution in [0.2, 0.25) is 0 Å². The molecule has 0 saturated carbocycles. The molecule has 2 rings (SSSR count). The van der Waals surface area contributed by atoms with Crippen molar-refractivity contribution in [1.29, 1.82) is 5.26 Å². The Kier molecular flexibility index (Phi) is 4.36. The number of rotatable bonds is 5. The van der Waals surface area contributed by atoms with Crippen LogP contribution in [-0.2, 0) is 6.42 Å². The van der Waals surface area contributed by atoms with E-state index in [1.54, 1.807) is 18.2 Å². The summed E-state index contributed by atoms with van der Waals surface area (Å²) in [7, 11) is 0. The Morgan fingerprint density at radius 3 is 2.57 bits per heavy atom. The van der Waals surface area contributed by atoms with Gasteiger partial charge in [-0.1, -0.05) is 12.1 Å². The van der Waals surface area contributed by atoms with Crippen molar-refractivity contribution in [3.8, 4) is 11.8 Å². The quantitative estimate of drug-likeness (QED) is 0.649. The third kappa shape index (κ3) is 3.70. The normalized spacial score (nSPS) is 9.86. The van der Waals surface area contributed by atoms with Gasteiger partial charge in [0.15, 0.2) is 0 Å². The van der Waals surface area contributed by atoms with Crippen molar-refractivity contribution in [3.63, 3.8) is 0 Å². The van der Waals surface area contributed by atoms with Gasteiger partial charge in [-0.25, -0.2) is 0 Å². The first kappa shape index (κ1) is 14.3. The second-order valence-corrected chi connectivity index (χ2v) is 4.44. The summed E-state index contributed by atoms with van der Waals surface area (Å²) >= 11 is 0. The zero-order chi connectivity index (χ0) is 15.2. The van der Waals surface area contributed by atoms with Gasteiger partial charge >= 0.3 is 0 Å². The smallest absolute Gasteiger partial charge is 0.287 e. The number of nitriles is 1. The highest BCUT2D eigenvalue weighted by molar-refractivity contribution is 5.58. The molecule has 6 nitrogen and oxygen atoms in total. The average Bonchev–Trinajstić information content (AvgIpc) is 2.49. The van der Waals surface area contributed by atoms with Crippen LogP contribution in [0.3, 0.4) is 0 Å². The molecule has 0 aliphatic carbocycles. The molecule has 0 unspecified atom stereocenters. The van der Waals surface area contributed by atoms with Crippen LogP contribution in [0.25, 0.3) is 0 Å². The van der Waals surface area contributed by atoms with E-state index in [4.69, 9.17) is 5.26 Å². The molecule has 0 heterocycles. The standard InChI is InChI=1S/C15H13N3O3/c16-10-12-9-13(3-6-15(12)18(20)21)17-8-7-11-1-4-14(19)5-2-11/h1-6,9,17,19H,7-8H2. The van der Waals surface area contributed by atoms with Crippen LogP contribution in [-0.4, -0.2) is 16.6 Å². The van der Waals surface area contributed by atoms with E-state index in [9.17, 15) is 15.2 Å². The third-order valence-corrected chi connectivity index (χ3v) is 2.99. The molecule has 0 amide bonds. The monoisotopic (exact) mass is 283 g/mol. The summed E-state index contributed by atoms with van der Waals surface area (Å²) < 4.78 is 0. The lowest BCUT2D eigenvalue weighted by Gasteiger charge is -2.07. The fraction of sp³-hybridized carbons (Fsp3) is 0.133. The molecule has 0 fully saturated rings. The van der Waals surface area contributed by atoms with Crippen LogP contribution < -0.4 is 5.32 Å². The highest BCUT2D eigenvalue weighted by atomic mass is 16.6. The van der Waals surface area contributed by atoms with Gasteiger partial charge in [-0.2, -0.15) is 5.26 Å². The maximum atomic E-state index is 10.7. The average molecular weight is 283 g/mol. The lowest BCUT2D eigenvalue weighted by atomic mass is 10.1. The van der Waals surface area contributed by atoms with E-state index in [2.05, 4.69) is 5.32 Å². The van der Waals surface area contributed by atoms with E-state index in [-0.39, 0.29) is 17.0 Å². The minimum absolute atomic E-state index is 0.0367. The summed E-state index contributed by atoms with van der Waals surface area (Å²) in [6, 6.07) is 13.1. The molecular formula is C15H13N3O3. The Balaban J connectivity index is 1.99. The Morgan fingerprint density at radius 2 is 1.95 bits per heavy atom. The largest absolute Gasteiger partial charge is 0.508 e. The lowest BCUT2D eigenvalue weighted by molar-refractivity contribution is -0.385. The van der Waals surface area contributed by atoms with Gasteiger partial charge in [0.05, 0.1) is 4.92 Å². The molecule has 0 aliphatic heterocycles. The second-order valence-electron chi connectivity index (χ2n) is 4.44. The minimum Gasteiger partial charge on any atom is -0.508 e. The van der Waals surface area contributed by atoms with Crippen LogP contribution in [0.5, 0.6) is 5.75 Å². The van der Waals surface area contributed by atoms with Crippen LogP contribution >= 0.6 is 0 Å². The molecule has 2 aromatic rings. The number of nitrogens with one attached hydrogen (secondary N) is 1. The van der Waals surface area contributed by atoms with E-state index in [1.807, 2.05) is 18.2 Å². The summed E-state index contributed by atoms with van der Waals surface area (Å²) in [5, 5.41) is 31.9. The molecule has 0 saturated heterocycles. The van der Waals surface area contributed by atoms with Gasteiger partial charge in [-0.05, 0) is 36.2 Å². The summed E-state index contributed by atoms with van der Waals surface area (Å²) in [4.78, 5) is 10.2. The van der Waals surface area contributed by atoms with E-state index >= 15 is 0 Å². The van der Waals surface area contributed by atoms with Crippen molar-refractivity contribution in [2.45, 2.75) is 6.42 Å². The molecule has 0 aliphatic rings. The molecule has 0 bridgehead atoms. The van der Waals surface area contributed by atoms with Crippen LogP contribution in [0.4, 0.5) is 11.4 Å². The number of hydrogen-bond acceptors (Lipinski definition) is 5. The van der Waals surface area contributed by atoms with Gasteiger partial charge in [-0.15, -0.1) is 0 Å². The molecule has 106 valence electrons. The molecule has 6 heteroatoms. The van der Waals surface area contributed by atoms with Gasteiger partial charge in [0.1, 0.15) is 17.4 Å². The number of nitrogens with zero attached hydrogens (tertiary/aromatic N) is 2. The SMILES string of the molecule is N#Cc1cc(NCCc2ccc(O)cc2)ccc1[N+](=O)[O-]. The van der Waals surface area contributed by atoms with E-state index in [1.165, 1.54) is 12.1 Å². The lowest BCUT2D eigenvalue weighted by Crippen LogP contribution is -2.05. The van der Waals surface area contributed by atoms with Crippen molar-refractivity contribution in [2.75, 3.05) is 11.9 Å². The fourth-order valence-corrected chi connectivity index (χ4v) is 1.91. The van der Waals surface area contributed by atoms with Crippen molar-refractivity contribution < 1.29 is 10.0 Å². The number of anilines is 1. The van der Waals surface area contributed by atoms with Crippen molar-refractivity contribution >= 4 is 11.4 Å². The van der Waals surface area contributed by atoms with E-state index in [0.717, 1.165) is 12.0 Å². The van der Waals surface area contributed by atoms with Crippen molar-refractivity contribution in [3.05, 3.63) is 63.7 Å². The Morgan fingerprint density at radius 1 is 1.24 bits per heavy atom. The molecule has 0 spiro atoms. The minimum atomic E-state index is -0.571. The van der Waals surface area contributed by atoms with Gasteiger partial charge in [0.25, 0.3) is 5.69 Å². The summed E-state index contributed by atoms with van der Waals surface area (Å²) in [6.45, 7) is 0.619. The predicted octanol–water partition coefficient (Wildman–Crippen LogP) is 2.83. The topological polar surface area (TPSA) is 99.2 Å². The maximum absolute atomic E-state index is 10.7. The number of hydrogen-bond donors (Lipinski definition) is 2. The first-order valence-corrected chi connectivity index (χ1v) is 6.30. The highest BCUT2D eigenvalue weighted by Crippen LogP contribution is 2.21. The molecule has 21 heavy (non-hydrogen) atoms. The second kappa shape index (κ2) is 6.39. The molecule has 2 aromatic carbocycles. The summed E-state index contributed by atoms with van der Waals surface area (Å²) in [5.41, 5.74) is 1.56. The van der Waals surface area contributed by atoms with Crippen LogP contribution in [0.15, 0.2) is 42.5 Å². The van der Waals surface area contributed by atoms with Crippen LogP contribution in [0, 0.1) is 21.4 Å². The number of nitro benzene ring substituents is 1.